The van der Waals surface area contributed by atoms with Gasteiger partial charge in [-0.2, -0.15) is 0 Å². The minimum absolute atomic E-state index is 0.880. The number of allylic oxidation sites excluding steroid dienone is 2. The highest BCUT2D eigenvalue weighted by Gasteiger charge is 2.21. The van der Waals surface area contributed by atoms with Crippen LogP contribution in [0.1, 0.15) is 24.8 Å². The third-order valence-electron chi connectivity index (χ3n) is 4.95. The van der Waals surface area contributed by atoms with Gasteiger partial charge >= 0.3 is 0 Å². The smallest absolute Gasteiger partial charge is 0.123 e. The highest BCUT2D eigenvalue weighted by atomic mass is 16.5. The Morgan fingerprint density at radius 2 is 1.82 bits per heavy atom. The van der Waals surface area contributed by atoms with Crippen LogP contribution in [0.4, 0.5) is 0 Å². The fraction of sp³-hybridized carbons (Fsp3) is 0.579. The maximum Gasteiger partial charge on any atom is 0.123 e. The molecule has 3 rings (SSSR count). The van der Waals surface area contributed by atoms with Gasteiger partial charge in [-0.3, -0.25) is 4.90 Å². The highest BCUT2D eigenvalue weighted by molar-refractivity contribution is 5.33. The number of hydrogen-bond acceptors (Lipinski definition) is 3. The molecule has 1 heterocycles. The molecule has 1 unspecified atom stereocenters. The molecule has 120 valence electrons. The van der Waals surface area contributed by atoms with Crippen molar-refractivity contribution in [2.24, 2.45) is 5.92 Å². The second-order valence-electron chi connectivity index (χ2n) is 6.54. The zero-order valence-corrected chi connectivity index (χ0v) is 13.7. The van der Waals surface area contributed by atoms with Crippen LogP contribution in [-0.2, 0) is 6.54 Å². The molecular weight excluding hydrogens is 272 g/mol. The minimum Gasteiger partial charge on any atom is -0.496 e. The van der Waals surface area contributed by atoms with Gasteiger partial charge in [-0.1, -0.05) is 30.4 Å². The van der Waals surface area contributed by atoms with E-state index in [-0.39, 0.29) is 0 Å². The lowest BCUT2D eigenvalue weighted by Gasteiger charge is -2.37. The molecule has 0 amide bonds. The summed E-state index contributed by atoms with van der Waals surface area (Å²) >= 11 is 0. The molecule has 1 aromatic rings. The van der Waals surface area contributed by atoms with Crippen LogP contribution in [0.3, 0.4) is 0 Å². The molecule has 1 fully saturated rings. The SMILES string of the molecule is COc1ccccc1CN1CCN(CC2CC=CCC2)CC1. The quantitative estimate of drug-likeness (QED) is 0.777. The number of rotatable bonds is 5. The van der Waals surface area contributed by atoms with Gasteiger partial charge in [0, 0.05) is 44.8 Å². The number of hydrogen-bond donors (Lipinski definition) is 0. The predicted molar refractivity (Wildman–Crippen MR) is 91.2 cm³/mol. The van der Waals surface area contributed by atoms with E-state index in [1.165, 1.54) is 57.5 Å². The minimum atomic E-state index is 0.880. The normalized spacial score (nSPS) is 23.6. The maximum atomic E-state index is 5.46. The summed E-state index contributed by atoms with van der Waals surface area (Å²) in [6, 6.07) is 8.38. The van der Waals surface area contributed by atoms with E-state index in [1.807, 2.05) is 6.07 Å². The van der Waals surface area contributed by atoms with Gasteiger partial charge in [0.25, 0.3) is 0 Å². The zero-order valence-electron chi connectivity index (χ0n) is 13.7. The second kappa shape index (κ2) is 7.80. The summed E-state index contributed by atoms with van der Waals surface area (Å²) in [5, 5.41) is 0. The average Bonchev–Trinajstić information content (AvgIpc) is 2.58. The van der Waals surface area contributed by atoms with Crippen LogP contribution in [0, 0.1) is 5.92 Å². The van der Waals surface area contributed by atoms with Crippen molar-refractivity contribution in [3.05, 3.63) is 42.0 Å². The molecule has 0 aromatic heterocycles. The Morgan fingerprint density at radius 1 is 1.05 bits per heavy atom. The Hall–Kier alpha value is -1.32. The molecule has 1 saturated heterocycles. The fourth-order valence-corrected chi connectivity index (χ4v) is 3.59. The van der Waals surface area contributed by atoms with Crippen LogP contribution in [0.2, 0.25) is 0 Å². The monoisotopic (exact) mass is 300 g/mol. The van der Waals surface area contributed by atoms with E-state index in [4.69, 9.17) is 4.74 Å². The lowest BCUT2D eigenvalue weighted by atomic mass is 9.94. The van der Waals surface area contributed by atoms with Gasteiger partial charge in [0.2, 0.25) is 0 Å². The Labute approximate surface area is 134 Å². The van der Waals surface area contributed by atoms with Crippen molar-refractivity contribution in [1.82, 2.24) is 9.80 Å². The first kappa shape index (κ1) is 15.6. The molecule has 2 aliphatic rings. The van der Waals surface area contributed by atoms with Crippen LogP contribution < -0.4 is 4.74 Å². The molecule has 1 aromatic carbocycles. The Kier molecular flexibility index (Phi) is 5.52. The standard InChI is InChI=1S/C19H28N2O/c1-22-19-10-6-5-9-18(19)16-21-13-11-20(12-14-21)15-17-7-3-2-4-8-17/h2-3,5-6,9-10,17H,4,7-8,11-16H2,1H3. The molecule has 1 aliphatic carbocycles. The van der Waals surface area contributed by atoms with E-state index >= 15 is 0 Å². The summed E-state index contributed by atoms with van der Waals surface area (Å²) in [6.45, 7) is 7.03. The first-order chi connectivity index (χ1) is 10.8. The van der Waals surface area contributed by atoms with Gasteiger partial charge in [-0.05, 0) is 31.2 Å². The van der Waals surface area contributed by atoms with Gasteiger partial charge in [-0.15, -0.1) is 0 Å². The zero-order chi connectivity index (χ0) is 15.2. The molecule has 0 N–H and O–H groups in total. The van der Waals surface area contributed by atoms with Crippen LogP contribution in [-0.4, -0.2) is 49.6 Å². The first-order valence-corrected chi connectivity index (χ1v) is 8.57. The first-order valence-electron chi connectivity index (χ1n) is 8.57. The van der Waals surface area contributed by atoms with E-state index in [0.717, 1.165) is 18.2 Å². The van der Waals surface area contributed by atoms with E-state index in [2.05, 4.69) is 40.2 Å². The predicted octanol–water partition coefficient (Wildman–Crippen LogP) is 3.17. The molecule has 3 nitrogen and oxygen atoms in total. The molecule has 0 saturated carbocycles. The van der Waals surface area contributed by atoms with Gasteiger partial charge < -0.3 is 9.64 Å². The van der Waals surface area contributed by atoms with Gasteiger partial charge in [0.1, 0.15) is 5.75 Å². The van der Waals surface area contributed by atoms with Crippen LogP contribution in [0.5, 0.6) is 5.75 Å². The number of methoxy groups -OCH3 is 1. The number of piperazine rings is 1. The molecule has 3 heteroatoms. The van der Waals surface area contributed by atoms with Crippen LogP contribution >= 0.6 is 0 Å². The Bertz CT molecular complexity index is 492. The molecule has 1 atom stereocenters. The summed E-state index contributed by atoms with van der Waals surface area (Å²) in [5.74, 6) is 1.89. The lowest BCUT2D eigenvalue weighted by Crippen LogP contribution is -2.47. The summed E-state index contributed by atoms with van der Waals surface area (Å²) in [5.41, 5.74) is 1.30. The van der Waals surface area contributed by atoms with Crippen molar-refractivity contribution in [2.75, 3.05) is 39.8 Å². The Balaban J connectivity index is 1.46. The van der Waals surface area contributed by atoms with E-state index in [1.54, 1.807) is 7.11 Å². The van der Waals surface area contributed by atoms with E-state index in [0.29, 0.717) is 0 Å². The summed E-state index contributed by atoms with van der Waals surface area (Å²) < 4.78 is 5.46. The number of ether oxygens (including phenoxy) is 1. The van der Waals surface area contributed by atoms with Gasteiger partial charge in [0.05, 0.1) is 7.11 Å². The number of nitrogens with zero attached hydrogens (tertiary/aromatic N) is 2. The lowest BCUT2D eigenvalue weighted by molar-refractivity contribution is 0.110. The van der Waals surface area contributed by atoms with Crippen LogP contribution in [0.25, 0.3) is 0 Å². The number of benzene rings is 1. The van der Waals surface area contributed by atoms with Gasteiger partial charge in [0.15, 0.2) is 0 Å². The fourth-order valence-electron chi connectivity index (χ4n) is 3.59. The van der Waals surface area contributed by atoms with Crippen molar-refractivity contribution in [3.63, 3.8) is 0 Å². The van der Waals surface area contributed by atoms with E-state index < -0.39 is 0 Å². The van der Waals surface area contributed by atoms with Crippen molar-refractivity contribution in [3.8, 4) is 5.75 Å². The largest absolute Gasteiger partial charge is 0.496 e. The third-order valence-corrected chi connectivity index (χ3v) is 4.95. The molecule has 22 heavy (non-hydrogen) atoms. The molecular formula is C19H28N2O. The maximum absolute atomic E-state index is 5.46. The van der Waals surface area contributed by atoms with Crippen LogP contribution in [0.15, 0.2) is 36.4 Å². The summed E-state index contributed by atoms with van der Waals surface area (Å²) in [4.78, 5) is 5.21. The van der Waals surface area contributed by atoms with Gasteiger partial charge in [-0.25, -0.2) is 0 Å². The number of para-hydroxylation sites is 1. The topological polar surface area (TPSA) is 15.7 Å². The molecule has 0 bridgehead atoms. The molecule has 0 radical (unpaired) electrons. The summed E-state index contributed by atoms with van der Waals surface area (Å²) in [7, 11) is 1.76. The third kappa shape index (κ3) is 4.11. The van der Waals surface area contributed by atoms with E-state index in [9.17, 15) is 0 Å². The van der Waals surface area contributed by atoms with Crippen molar-refractivity contribution < 1.29 is 4.74 Å². The van der Waals surface area contributed by atoms with Crippen molar-refractivity contribution >= 4 is 0 Å². The molecule has 0 spiro atoms. The second-order valence-corrected chi connectivity index (χ2v) is 6.54. The van der Waals surface area contributed by atoms with Crippen molar-refractivity contribution in [1.29, 1.82) is 0 Å². The summed E-state index contributed by atoms with van der Waals surface area (Å²) in [6.07, 6.45) is 8.63. The average molecular weight is 300 g/mol. The molecule has 1 aliphatic heterocycles. The highest BCUT2D eigenvalue weighted by Crippen LogP contribution is 2.22. The van der Waals surface area contributed by atoms with Crippen molar-refractivity contribution in [2.45, 2.75) is 25.8 Å². The Morgan fingerprint density at radius 3 is 2.55 bits per heavy atom.